The van der Waals surface area contributed by atoms with Crippen LogP contribution in [0, 0.1) is 6.92 Å². The summed E-state index contributed by atoms with van der Waals surface area (Å²) in [5, 5.41) is 0. The summed E-state index contributed by atoms with van der Waals surface area (Å²) in [6.07, 6.45) is 2.62. The molecule has 6 nitrogen and oxygen atoms in total. The molecule has 0 bridgehead atoms. The van der Waals surface area contributed by atoms with Crippen LogP contribution in [-0.2, 0) is 21.6 Å². The average molecular weight is 437 g/mol. The lowest BCUT2D eigenvalue weighted by Gasteiger charge is -2.48. The fourth-order valence-corrected chi connectivity index (χ4v) is 4.38. The Morgan fingerprint density at radius 1 is 1.06 bits per heavy atom. The Hall–Kier alpha value is -3.15. The van der Waals surface area contributed by atoms with Crippen molar-refractivity contribution in [3.63, 3.8) is 0 Å². The van der Waals surface area contributed by atoms with Crippen LogP contribution in [0.3, 0.4) is 0 Å². The quantitative estimate of drug-likeness (QED) is 0.616. The van der Waals surface area contributed by atoms with E-state index < -0.39 is 11.1 Å². The molecular formula is C26H32N2O4. The SMILES string of the molecule is Cc1ccccc1C1(N(C=O)Cc2ccc(C=O)cc2)CCN(C(=O)OC(C)(C)C)CC1. The number of carbonyl (C=O) groups is 3. The Bertz CT molecular complexity index is 955. The molecule has 3 rings (SSSR count). The van der Waals surface area contributed by atoms with E-state index in [-0.39, 0.29) is 6.09 Å². The zero-order valence-corrected chi connectivity index (χ0v) is 19.3. The molecule has 0 atom stereocenters. The fourth-order valence-electron chi connectivity index (χ4n) is 4.38. The van der Waals surface area contributed by atoms with Gasteiger partial charge in [0.1, 0.15) is 11.9 Å². The van der Waals surface area contributed by atoms with Crippen molar-refractivity contribution in [3.05, 3.63) is 70.8 Å². The maximum absolute atomic E-state index is 12.6. The molecule has 0 aromatic heterocycles. The van der Waals surface area contributed by atoms with Crippen LogP contribution in [0.2, 0.25) is 0 Å². The molecule has 0 radical (unpaired) electrons. The minimum Gasteiger partial charge on any atom is -0.444 e. The lowest BCUT2D eigenvalue weighted by molar-refractivity contribution is -0.127. The van der Waals surface area contributed by atoms with E-state index >= 15 is 0 Å². The van der Waals surface area contributed by atoms with E-state index in [4.69, 9.17) is 4.74 Å². The summed E-state index contributed by atoms with van der Waals surface area (Å²) in [5.41, 5.74) is 2.68. The predicted molar refractivity (Wildman–Crippen MR) is 123 cm³/mol. The van der Waals surface area contributed by atoms with E-state index in [1.807, 2.05) is 49.9 Å². The summed E-state index contributed by atoms with van der Waals surface area (Å²) in [4.78, 5) is 39.6. The Morgan fingerprint density at radius 2 is 1.69 bits per heavy atom. The summed E-state index contributed by atoms with van der Waals surface area (Å²) >= 11 is 0. The van der Waals surface area contributed by atoms with Crippen molar-refractivity contribution in [1.29, 1.82) is 0 Å². The van der Waals surface area contributed by atoms with Crippen molar-refractivity contribution in [2.24, 2.45) is 0 Å². The molecule has 0 unspecified atom stereocenters. The maximum atomic E-state index is 12.6. The Kier molecular flexibility index (Phi) is 7.02. The number of benzene rings is 2. The van der Waals surface area contributed by atoms with Gasteiger partial charge in [-0.05, 0) is 57.2 Å². The maximum Gasteiger partial charge on any atom is 0.410 e. The van der Waals surface area contributed by atoms with Gasteiger partial charge < -0.3 is 14.5 Å². The molecule has 0 aliphatic carbocycles. The summed E-state index contributed by atoms with van der Waals surface area (Å²) in [5.74, 6) is 0. The molecule has 0 saturated carbocycles. The monoisotopic (exact) mass is 436 g/mol. The first-order chi connectivity index (χ1) is 15.2. The van der Waals surface area contributed by atoms with Gasteiger partial charge in [0, 0.05) is 25.2 Å². The third-order valence-corrected chi connectivity index (χ3v) is 6.03. The average Bonchev–Trinajstić information content (AvgIpc) is 2.77. The highest BCUT2D eigenvalue weighted by Crippen LogP contribution is 2.41. The van der Waals surface area contributed by atoms with Crippen LogP contribution >= 0.6 is 0 Å². The van der Waals surface area contributed by atoms with Crippen molar-refractivity contribution in [3.8, 4) is 0 Å². The van der Waals surface area contributed by atoms with Gasteiger partial charge in [0.2, 0.25) is 6.41 Å². The van der Waals surface area contributed by atoms with Gasteiger partial charge in [-0.25, -0.2) is 4.79 Å². The number of likely N-dealkylation sites (tertiary alicyclic amines) is 1. The van der Waals surface area contributed by atoms with Gasteiger partial charge in [-0.2, -0.15) is 0 Å². The summed E-state index contributed by atoms with van der Waals surface area (Å²) < 4.78 is 5.55. The summed E-state index contributed by atoms with van der Waals surface area (Å²) in [7, 11) is 0. The van der Waals surface area contributed by atoms with Gasteiger partial charge in [0.25, 0.3) is 0 Å². The van der Waals surface area contributed by atoms with E-state index in [9.17, 15) is 14.4 Å². The smallest absolute Gasteiger partial charge is 0.410 e. The van der Waals surface area contributed by atoms with Crippen LogP contribution in [0.4, 0.5) is 4.79 Å². The fraction of sp³-hybridized carbons (Fsp3) is 0.423. The third-order valence-electron chi connectivity index (χ3n) is 6.03. The van der Waals surface area contributed by atoms with E-state index in [0.717, 1.165) is 29.4 Å². The Labute approximate surface area is 190 Å². The van der Waals surface area contributed by atoms with Crippen LogP contribution < -0.4 is 0 Å². The number of aldehydes is 1. The highest BCUT2D eigenvalue weighted by atomic mass is 16.6. The van der Waals surface area contributed by atoms with Crippen LogP contribution in [-0.4, -0.2) is 47.3 Å². The van der Waals surface area contributed by atoms with Gasteiger partial charge in [-0.15, -0.1) is 0 Å². The van der Waals surface area contributed by atoms with Crippen molar-refractivity contribution < 1.29 is 19.1 Å². The highest BCUT2D eigenvalue weighted by Gasteiger charge is 2.43. The normalized spacial score (nSPS) is 15.7. The zero-order chi connectivity index (χ0) is 23.4. The van der Waals surface area contributed by atoms with Crippen LogP contribution in [0.25, 0.3) is 0 Å². The third kappa shape index (κ3) is 5.18. The lowest BCUT2D eigenvalue weighted by atomic mass is 9.77. The standard InChI is InChI=1S/C26H32N2O4/c1-20-7-5-6-8-23(20)26(13-15-27(16-14-26)24(31)32-25(2,3)4)28(19-30)17-21-9-11-22(18-29)12-10-21/h5-12,18-19H,13-17H2,1-4H3. The number of rotatable bonds is 6. The molecule has 2 aromatic rings. The van der Waals surface area contributed by atoms with Gasteiger partial charge in [-0.3, -0.25) is 9.59 Å². The van der Waals surface area contributed by atoms with Crippen molar-refractivity contribution >= 4 is 18.8 Å². The molecule has 2 amide bonds. The molecule has 2 aromatic carbocycles. The largest absolute Gasteiger partial charge is 0.444 e. The van der Waals surface area contributed by atoms with Crippen LogP contribution in [0.1, 0.15) is 60.7 Å². The minimum absolute atomic E-state index is 0.321. The second-order valence-corrected chi connectivity index (χ2v) is 9.41. The Morgan fingerprint density at radius 3 is 2.22 bits per heavy atom. The van der Waals surface area contributed by atoms with Crippen LogP contribution in [0.5, 0.6) is 0 Å². The van der Waals surface area contributed by atoms with Gasteiger partial charge in [0.05, 0.1) is 5.54 Å². The number of carbonyl (C=O) groups excluding carboxylic acids is 3. The minimum atomic E-state index is -0.551. The van der Waals surface area contributed by atoms with E-state index in [2.05, 4.69) is 19.1 Å². The topological polar surface area (TPSA) is 66.9 Å². The first kappa shape index (κ1) is 23.5. The molecule has 32 heavy (non-hydrogen) atoms. The number of amides is 2. The van der Waals surface area contributed by atoms with Gasteiger partial charge in [0.15, 0.2) is 0 Å². The lowest BCUT2D eigenvalue weighted by Crippen LogP contribution is -2.54. The molecule has 1 aliphatic heterocycles. The number of hydrogen-bond donors (Lipinski definition) is 0. The zero-order valence-electron chi connectivity index (χ0n) is 19.3. The second-order valence-electron chi connectivity index (χ2n) is 9.41. The molecule has 1 aliphatic rings. The molecule has 0 spiro atoms. The molecule has 1 fully saturated rings. The van der Waals surface area contributed by atoms with Crippen molar-refractivity contribution in [2.45, 2.75) is 58.2 Å². The van der Waals surface area contributed by atoms with E-state index in [1.54, 1.807) is 17.0 Å². The first-order valence-corrected chi connectivity index (χ1v) is 11.0. The summed E-state index contributed by atoms with van der Waals surface area (Å²) in [6, 6.07) is 15.4. The molecule has 0 N–H and O–H groups in total. The number of hydrogen-bond acceptors (Lipinski definition) is 4. The molecule has 170 valence electrons. The molecule has 1 heterocycles. The molecule has 6 heteroatoms. The van der Waals surface area contributed by atoms with Crippen molar-refractivity contribution in [1.82, 2.24) is 9.80 Å². The number of ether oxygens (including phenoxy) is 1. The van der Waals surface area contributed by atoms with Gasteiger partial charge >= 0.3 is 6.09 Å². The first-order valence-electron chi connectivity index (χ1n) is 11.0. The Balaban J connectivity index is 1.90. The predicted octanol–water partition coefficient (Wildman–Crippen LogP) is 4.69. The van der Waals surface area contributed by atoms with Gasteiger partial charge in [-0.1, -0.05) is 48.5 Å². The molecular weight excluding hydrogens is 404 g/mol. The highest BCUT2D eigenvalue weighted by molar-refractivity contribution is 5.74. The number of aryl methyl sites for hydroxylation is 1. The number of piperidine rings is 1. The molecule has 1 saturated heterocycles. The van der Waals surface area contributed by atoms with Crippen LogP contribution in [0.15, 0.2) is 48.5 Å². The van der Waals surface area contributed by atoms with E-state index in [1.165, 1.54) is 0 Å². The number of nitrogens with zero attached hydrogens (tertiary/aromatic N) is 2. The summed E-state index contributed by atoms with van der Waals surface area (Å²) in [6.45, 7) is 9.04. The second kappa shape index (κ2) is 9.55. The van der Waals surface area contributed by atoms with Crippen molar-refractivity contribution in [2.75, 3.05) is 13.1 Å². The van der Waals surface area contributed by atoms with E-state index in [0.29, 0.717) is 38.0 Å².